The first kappa shape index (κ1) is 16.1. The van der Waals surface area contributed by atoms with Crippen molar-refractivity contribution in [3.63, 3.8) is 0 Å². The maximum absolute atomic E-state index is 13.2. The van der Waals surface area contributed by atoms with Gasteiger partial charge in [0.05, 0.1) is 0 Å². The third-order valence-corrected chi connectivity index (χ3v) is 5.80. The van der Waals surface area contributed by atoms with Gasteiger partial charge in [0.1, 0.15) is 5.92 Å². The minimum absolute atomic E-state index is 0.127. The molecule has 4 rings (SSSR count). The number of piperidine rings is 1. The van der Waals surface area contributed by atoms with E-state index in [1.807, 2.05) is 30.3 Å². The molecule has 1 amide bonds. The fraction of sp³-hybridized carbons (Fsp3) is 0.526. The molecule has 2 saturated heterocycles. The van der Waals surface area contributed by atoms with E-state index in [0.29, 0.717) is 5.92 Å². The Morgan fingerprint density at radius 2 is 1.80 bits per heavy atom. The van der Waals surface area contributed by atoms with E-state index in [2.05, 4.69) is 0 Å². The van der Waals surface area contributed by atoms with Gasteiger partial charge in [-0.1, -0.05) is 30.3 Å². The maximum atomic E-state index is 13.2. The molecule has 2 aliphatic heterocycles. The normalized spacial score (nSPS) is 26.6. The molecule has 1 aromatic carbocycles. The van der Waals surface area contributed by atoms with Gasteiger partial charge in [0.2, 0.25) is 0 Å². The molecule has 0 aromatic heterocycles. The summed E-state index contributed by atoms with van der Waals surface area (Å²) in [5.74, 6) is -1.12. The molecule has 25 heavy (non-hydrogen) atoms. The van der Waals surface area contributed by atoms with E-state index in [1.165, 1.54) is 4.90 Å². The Kier molecular flexibility index (Phi) is 3.78. The zero-order valence-electron chi connectivity index (χ0n) is 13.9. The number of ether oxygens (including phenoxy) is 1. The number of carbonyl (C=O) groups excluding carboxylic acids is 2. The van der Waals surface area contributed by atoms with Crippen LogP contribution in [0.25, 0.3) is 0 Å². The van der Waals surface area contributed by atoms with Gasteiger partial charge < -0.3 is 14.7 Å². The van der Waals surface area contributed by atoms with E-state index in [1.54, 1.807) is 0 Å². The average molecular weight is 343 g/mol. The fourth-order valence-electron chi connectivity index (χ4n) is 4.28. The quantitative estimate of drug-likeness (QED) is 0.673. The van der Waals surface area contributed by atoms with Gasteiger partial charge in [-0.2, -0.15) is 0 Å². The van der Waals surface area contributed by atoms with Crippen LogP contribution in [0.5, 0.6) is 0 Å². The molecule has 1 N–H and O–H groups in total. The summed E-state index contributed by atoms with van der Waals surface area (Å²) in [6.45, 7) is 0.445. The zero-order chi connectivity index (χ0) is 17.6. The molecule has 2 unspecified atom stereocenters. The van der Waals surface area contributed by atoms with E-state index in [4.69, 9.17) is 9.84 Å². The highest BCUT2D eigenvalue weighted by atomic mass is 16.6. The molecular weight excluding hydrogens is 322 g/mol. The Balaban J connectivity index is 1.60. The summed E-state index contributed by atoms with van der Waals surface area (Å²) >= 11 is 0. The number of esters is 1. The summed E-state index contributed by atoms with van der Waals surface area (Å²) < 4.78 is 5.62. The lowest BCUT2D eigenvalue weighted by Gasteiger charge is -2.35. The Morgan fingerprint density at radius 1 is 1.16 bits per heavy atom. The number of rotatable bonds is 3. The SMILES string of the molecule is O=C1OC2(CCN(C(=O)O)CC2)C(=O)C1C(c1ccccc1)C1CC1. The number of nitrogens with zero attached hydrogens (tertiary/aromatic N) is 1. The lowest BCUT2D eigenvalue weighted by atomic mass is 9.75. The average Bonchev–Trinajstić information content (AvgIpc) is 3.41. The number of hydrogen-bond acceptors (Lipinski definition) is 4. The molecule has 2 heterocycles. The van der Waals surface area contributed by atoms with Gasteiger partial charge in [0.15, 0.2) is 11.4 Å². The van der Waals surface area contributed by atoms with Crippen LogP contribution >= 0.6 is 0 Å². The topological polar surface area (TPSA) is 83.9 Å². The minimum Gasteiger partial charge on any atom is -0.465 e. The van der Waals surface area contributed by atoms with Crippen molar-refractivity contribution in [3.05, 3.63) is 35.9 Å². The number of amides is 1. The molecule has 1 spiro atoms. The van der Waals surface area contributed by atoms with Gasteiger partial charge in [-0.25, -0.2) is 4.79 Å². The standard InChI is InChI=1S/C19H21NO5/c21-16-15(14(13-6-7-13)12-4-2-1-3-5-12)17(22)25-19(16)8-10-20(11-9-19)18(23)24/h1-5,13-15H,6-11H2,(H,23,24). The first-order chi connectivity index (χ1) is 12.0. The highest BCUT2D eigenvalue weighted by Crippen LogP contribution is 2.51. The Morgan fingerprint density at radius 3 is 2.36 bits per heavy atom. The molecule has 132 valence electrons. The number of benzene rings is 1. The molecule has 6 heteroatoms. The second kappa shape index (κ2) is 5.86. The summed E-state index contributed by atoms with van der Waals surface area (Å²) in [5.41, 5.74) is -0.115. The van der Waals surface area contributed by atoms with E-state index in [0.717, 1.165) is 18.4 Å². The monoisotopic (exact) mass is 343 g/mol. The molecule has 6 nitrogen and oxygen atoms in total. The van der Waals surface area contributed by atoms with Crippen molar-refractivity contribution in [1.82, 2.24) is 4.90 Å². The third kappa shape index (κ3) is 2.69. The molecular formula is C19H21NO5. The minimum atomic E-state index is -1.13. The van der Waals surface area contributed by atoms with Crippen LogP contribution in [-0.2, 0) is 14.3 Å². The van der Waals surface area contributed by atoms with Crippen LogP contribution in [0, 0.1) is 11.8 Å². The molecule has 0 radical (unpaired) electrons. The van der Waals surface area contributed by atoms with Crippen LogP contribution in [0.4, 0.5) is 4.79 Å². The zero-order valence-corrected chi connectivity index (χ0v) is 13.9. The fourth-order valence-corrected chi connectivity index (χ4v) is 4.28. The van der Waals surface area contributed by atoms with Crippen molar-refractivity contribution < 1.29 is 24.2 Å². The van der Waals surface area contributed by atoms with Crippen molar-refractivity contribution >= 4 is 17.8 Å². The van der Waals surface area contributed by atoms with Crippen LogP contribution in [0.3, 0.4) is 0 Å². The van der Waals surface area contributed by atoms with Crippen LogP contribution in [0.1, 0.15) is 37.2 Å². The van der Waals surface area contributed by atoms with Gasteiger partial charge in [-0.3, -0.25) is 9.59 Å². The van der Waals surface area contributed by atoms with E-state index in [-0.39, 0.29) is 37.6 Å². The van der Waals surface area contributed by atoms with Crippen molar-refractivity contribution in [2.24, 2.45) is 11.8 Å². The van der Waals surface area contributed by atoms with Gasteiger partial charge in [-0.05, 0) is 24.3 Å². The lowest BCUT2D eigenvalue weighted by Crippen LogP contribution is -2.50. The molecule has 3 aliphatic rings. The summed E-state index contributed by atoms with van der Waals surface area (Å²) in [6.07, 6.45) is 1.56. The van der Waals surface area contributed by atoms with Crippen molar-refractivity contribution in [2.75, 3.05) is 13.1 Å². The number of carbonyl (C=O) groups is 3. The Bertz CT molecular complexity index is 704. The largest absolute Gasteiger partial charge is 0.465 e. The second-order valence-corrected chi connectivity index (χ2v) is 7.30. The van der Waals surface area contributed by atoms with Crippen LogP contribution < -0.4 is 0 Å². The number of ketones is 1. The van der Waals surface area contributed by atoms with Crippen molar-refractivity contribution in [2.45, 2.75) is 37.2 Å². The van der Waals surface area contributed by atoms with E-state index >= 15 is 0 Å². The summed E-state index contributed by atoms with van der Waals surface area (Å²) in [6, 6.07) is 9.72. The van der Waals surface area contributed by atoms with Crippen LogP contribution in [0.2, 0.25) is 0 Å². The predicted molar refractivity (Wildman–Crippen MR) is 88.1 cm³/mol. The number of likely N-dealkylation sites (tertiary alicyclic amines) is 1. The summed E-state index contributed by atoms with van der Waals surface area (Å²) in [5, 5.41) is 9.09. The highest BCUT2D eigenvalue weighted by Gasteiger charge is 2.60. The Labute approximate surface area is 145 Å². The number of Topliss-reactive ketones (excluding diaryl/α,β-unsaturated/α-hetero) is 1. The smallest absolute Gasteiger partial charge is 0.407 e. The maximum Gasteiger partial charge on any atom is 0.407 e. The van der Waals surface area contributed by atoms with Gasteiger partial charge >= 0.3 is 12.1 Å². The molecule has 1 aromatic rings. The molecule has 2 atom stereocenters. The molecule has 1 saturated carbocycles. The molecule has 3 fully saturated rings. The summed E-state index contributed by atoms with van der Waals surface area (Å²) in [4.78, 5) is 38.2. The number of hydrogen-bond donors (Lipinski definition) is 1. The highest BCUT2D eigenvalue weighted by molar-refractivity contribution is 6.10. The van der Waals surface area contributed by atoms with Crippen molar-refractivity contribution in [3.8, 4) is 0 Å². The van der Waals surface area contributed by atoms with Gasteiger partial charge in [0, 0.05) is 31.8 Å². The predicted octanol–water partition coefficient (Wildman–Crippen LogP) is 2.43. The lowest BCUT2D eigenvalue weighted by molar-refractivity contribution is -0.156. The van der Waals surface area contributed by atoms with Gasteiger partial charge in [0.25, 0.3) is 0 Å². The van der Waals surface area contributed by atoms with Crippen LogP contribution in [0.15, 0.2) is 30.3 Å². The van der Waals surface area contributed by atoms with Crippen molar-refractivity contribution in [1.29, 1.82) is 0 Å². The molecule has 0 bridgehead atoms. The number of carboxylic acid groups (broad SMARTS) is 1. The first-order valence-electron chi connectivity index (χ1n) is 8.82. The third-order valence-electron chi connectivity index (χ3n) is 5.80. The molecule has 1 aliphatic carbocycles. The second-order valence-electron chi connectivity index (χ2n) is 7.30. The first-order valence-corrected chi connectivity index (χ1v) is 8.82. The van der Waals surface area contributed by atoms with E-state index < -0.39 is 23.6 Å². The van der Waals surface area contributed by atoms with E-state index in [9.17, 15) is 14.4 Å². The van der Waals surface area contributed by atoms with Gasteiger partial charge in [-0.15, -0.1) is 0 Å². The van der Waals surface area contributed by atoms with Crippen LogP contribution in [-0.4, -0.2) is 46.5 Å². The summed E-state index contributed by atoms with van der Waals surface area (Å²) in [7, 11) is 0. The Hall–Kier alpha value is -2.37.